The molecule has 4 heteroatoms. The van der Waals surface area contributed by atoms with Crippen molar-refractivity contribution >= 4 is 0 Å². The summed E-state index contributed by atoms with van der Waals surface area (Å²) in [6, 6.07) is 3.93. The van der Waals surface area contributed by atoms with Gasteiger partial charge in [0.25, 0.3) is 0 Å². The van der Waals surface area contributed by atoms with Crippen molar-refractivity contribution in [3.63, 3.8) is 0 Å². The number of hydrogen-bond acceptors (Lipinski definition) is 4. The fourth-order valence-corrected chi connectivity index (χ4v) is 1.72. The van der Waals surface area contributed by atoms with Gasteiger partial charge in [-0.3, -0.25) is 4.90 Å². The van der Waals surface area contributed by atoms with Crippen LogP contribution in [0.3, 0.4) is 0 Å². The summed E-state index contributed by atoms with van der Waals surface area (Å²) in [6.45, 7) is 3.95. The molecule has 1 heterocycles. The molecule has 0 saturated heterocycles. The predicted octanol–water partition coefficient (Wildman–Crippen LogP) is 1.60. The number of rotatable bonds is 8. The quantitative estimate of drug-likeness (QED) is 0.699. The highest BCUT2D eigenvalue weighted by molar-refractivity contribution is 5.06. The van der Waals surface area contributed by atoms with Crippen molar-refractivity contribution in [3.05, 3.63) is 23.7 Å². The summed E-state index contributed by atoms with van der Waals surface area (Å²) in [6.07, 6.45) is 2.70. The monoisotopic (exact) mass is 238 g/mol. The minimum atomic E-state index is 0.466. The molecule has 1 saturated carbocycles. The highest BCUT2D eigenvalue weighted by Gasteiger charge is 2.20. The summed E-state index contributed by atoms with van der Waals surface area (Å²) in [4.78, 5) is 2.20. The summed E-state index contributed by atoms with van der Waals surface area (Å²) in [5, 5.41) is 0. The van der Waals surface area contributed by atoms with Crippen molar-refractivity contribution in [1.29, 1.82) is 0 Å². The van der Waals surface area contributed by atoms with Gasteiger partial charge >= 0.3 is 0 Å². The molecule has 17 heavy (non-hydrogen) atoms. The van der Waals surface area contributed by atoms with Crippen LogP contribution in [-0.2, 0) is 17.8 Å². The lowest BCUT2D eigenvalue weighted by molar-refractivity contribution is 0.0999. The maximum atomic E-state index is 5.60. The van der Waals surface area contributed by atoms with Gasteiger partial charge in [-0.05, 0) is 37.9 Å². The molecule has 1 aliphatic rings. The topological polar surface area (TPSA) is 51.6 Å². The Labute approximate surface area is 103 Å². The molecule has 4 nitrogen and oxygen atoms in total. The first-order valence-corrected chi connectivity index (χ1v) is 6.32. The first-order valence-electron chi connectivity index (χ1n) is 6.32. The lowest BCUT2D eigenvalue weighted by atomic mass is 10.4. The third kappa shape index (κ3) is 4.50. The Balaban J connectivity index is 1.60. The van der Waals surface area contributed by atoms with Gasteiger partial charge in [0, 0.05) is 13.2 Å². The van der Waals surface area contributed by atoms with Crippen LogP contribution in [0.1, 0.15) is 24.4 Å². The molecule has 0 unspecified atom stereocenters. The van der Waals surface area contributed by atoms with Gasteiger partial charge in [-0.25, -0.2) is 0 Å². The summed E-state index contributed by atoms with van der Waals surface area (Å²) < 4.78 is 11.2. The van der Waals surface area contributed by atoms with Gasteiger partial charge in [0.2, 0.25) is 0 Å². The molecular formula is C13H22N2O2. The molecule has 2 rings (SSSR count). The van der Waals surface area contributed by atoms with E-state index in [1.165, 1.54) is 12.8 Å². The minimum absolute atomic E-state index is 0.466. The highest BCUT2D eigenvalue weighted by Crippen LogP contribution is 2.28. The molecule has 0 atom stereocenters. The second kappa shape index (κ2) is 6.19. The highest BCUT2D eigenvalue weighted by atomic mass is 16.5. The van der Waals surface area contributed by atoms with E-state index >= 15 is 0 Å². The maximum Gasteiger partial charge on any atom is 0.118 e. The van der Waals surface area contributed by atoms with Crippen LogP contribution in [0.2, 0.25) is 0 Å². The van der Waals surface area contributed by atoms with Crippen LogP contribution in [0.25, 0.3) is 0 Å². The zero-order valence-corrected chi connectivity index (χ0v) is 10.5. The van der Waals surface area contributed by atoms with E-state index in [0.717, 1.165) is 43.7 Å². The van der Waals surface area contributed by atoms with Crippen LogP contribution < -0.4 is 5.73 Å². The van der Waals surface area contributed by atoms with E-state index < -0.39 is 0 Å². The Kier molecular flexibility index (Phi) is 4.59. The smallest absolute Gasteiger partial charge is 0.118 e. The van der Waals surface area contributed by atoms with E-state index in [1.54, 1.807) is 0 Å². The van der Waals surface area contributed by atoms with Crippen LogP contribution in [0, 0.1) is 5.92 Å². The lowest BCUT2D eigenvalue weighted by Gasteiger charge is -2.14. The van der Waals surface area contributed by atoms with Gasteiger partial charge in [0.05, 0.1) is 19.7 Å². The number of nitrogens with zero attached hydrogens (tertiary/aromatic N) is 1. The van der Waals surface area contributed by atoms with Crippen molar-refractivity contribution in [2.45, 2.75) is 25.9 Å². The predicted molar refractivity (Wildman–Crippen MR) is 66.5 cm³/mol. The lowest BCUT2D eigenvalue weighted by Crippen LogP contribution is -2.22. The number of nitrogens with two attached hydrogens (primary N) is 1. The molecular weight excluding hydrogens is 216 g/mol. The molecule has 0 radical (unpaired) electrons. The van der Waals surface area contributed by atoms with Gasteiger partial charge < -0.3 is 14.9 Å². The van der Waals surface area contributed by atoms with Gasteiger partial charge in [-0.2, -0.15) is 0 Å². The molecule has 96 valence electrons. The van der Waals surface area contributed by atoms with Crippen molar-refractivity contribution in [1.82, 2.24) is 4.90 Å². The van der Waals surface area contributed by atoms with Crippen LogP contribution in [0.4, 0.5) is 0 Å². The molecule has 0 spiro atoms. The summed E-state index contributed by atoms with van der Waals surface area (Å²) >= 11 is 0. The van der Waals surface area contributed by atoms with E-state index in [4.69, 9.17) is 14.9 Å². The Morgan fingerprint density at radius 3 is 2.82 bits per heavy atom. The van der Waals surface area contributed by atoms with E-state index in [0.29, 0.717) is 6.54 Å². The second-order valence-electron chi connectivity index (χ2n) is 4.83. The van der Waals surface area contributed by atoms with Crippen molar-refractivity contribution in [3.8, 4) is 0 Å². The zero-order chi connectivity index (χ0) is 12.1. The van der Waals surface area contributed by atoms with Crippen LogP contribution in [-0.4, -0.2) is 31.7 Å². The molecule has 1 aromatic rings. The minimum Gasteiger partial charge on any atom is -0.463 e. The molecule has 0 amide bonds. The molecule has 2 N–H and O–H groups in total. The fourth-order valence-electron chi connectivity index (χ4n) is 1.72. The molecule has 1 fully saturated rings. The standard InChI is InChI=1S/C13H22N2O2/c1-15(6-7-16-10-11-2-3-11)9-13-5-4-12(8-14)17-13/h4-5,11H,2-3,6-10,14H2,1H3. The van der Waals surface area contributed by atoms with Gasteiger partial charge in [-0.15, -0.1) is 0 Å². The van der Waals surface area contributed by atoms with Gasteiger partial charge in [-0.1, -0.05) is 0 Å². The fraction of sp³-hybridized carbons (Fsp3) is 0.692. The Morgan fingerprint density at radius 2 is 2.18 bits per heavy atom. The largest absolute Gasteiger partial charge is 0.463 e. The zero-order valence-electron chi connectivity index (χ0n) is 10.5. The third-order valence-corrected chi connectivity index (χ3v) is 3.01. The normalized spacial score (nSPS) is 15.7. The van der Waals surface area contributed by atoms with E-state index in [2.05, 4.69) is 11.9 Å². The van der Waals surface area contributed by atoms with Gasteiger partial charge in [0.1, 0.15) is 11.5 Å². The Morgan fingerprint density at radius 1 is 1.41 bits per heavy atom. The number of likely N-dealkylation sites (N-methyl/N-ethyl adjacent to an activating group) is 1. The van der Waals surface area contributed by atoms with Crippen molar-refractivity contribution < 1.29 is 9.15 Å². The molecule has 0 bridgehead atoms. The number of furan rings is 1. The second-order valence-corrected chi connectivity index (χ2v) is 4.83. The first-order chi connectivity index (χ1) is 8.28. The number of hydrogen-bond donors (Lipinski definition) is 1. The summed E-state index contributed by atoms with van der Waals surface area (Å²) in [7, 11) is 2.07. The van der Waals surface area contributed by atoms with Crippen LogP contribution in [0.15, 0.2) is 16.5 Å². The SMILES string of the molecule is CN(CCOCC1CC1)Cc1ccc(CN)o1. The Hall–Kier alpha value is -0.840. The summed E-state index contributed by atoms with van der Waals surface area (Å²) in [5.74, 6) is 2.66. The van der Waals surface area contributed by atoms with E-state index in [1.807, 2.05) is 12.1 Å². The average molecular weight is 238 g/mol. The molecule has 0 aliphatic heterocycles. The average Bonchev–Trinajstić information content (AvgIpc) is 3.04. The van der Waals surface area contributed by atoms with Crippen molar-refractivity contribution in [2.75, 3.05) is 26.8 Å². The molecule has 1 aliphatic carbocycles. The summed E-state index contributed by atoms with van der Waals surface area (Å²) in [5.41, 5.74) is 5.50. The molecule has 0 aromatic carbocycles. The van der Waals surface area contributed by atoms with E-state index in [9.17, 15) is 0 Å². The van der Waals surface area contributed by atoms with E-state index in [-0.39, 0.29) is 0 Å². The molecule has 1 aromatic heterocycles. The van der Waals surface area contributed by atoms with Crippen LogP contribution in [0.5, 0.6) is 0 Å². The third-order valence-electron chi connectivity index (χ3n) is 3.01. The Bertz CT molecular complexity index is 334. The first kappa shape index (κ1) is 12.6. The van der Waals surface area contributed by atoms with Gasteiger partial charge in [0.15, 0.2) is 0 Å². The van der Waals surface area contributed by atoms with Crippen molar-refractivity contribution in [2.24, 2.45) is 11.7 Å². The van der Waals surface area contributed by atoms with Crippen LogP contribution >= 0.6 is 0 Å². The maximum absolute atomic E-state index is 5.60. The number of ether oxygens (including phenoxy) is 1.